The highest BCUT2D eigenvalue weighted by Crippen LogP contribution is 2.29. The quantitative estimate of drug-likeness (QED) is 0.541. The molecule has 1 atom stereocenters. The number of ether oxygens (including phenoxy) is 1. The molecule has 0 aromatic rings. The van der Waals surface area contributed by atoms with Gasteiger partial charge >= 0.3 is 5.97 Å². The normalized spacial score (nSPS) is 30.8. The lowest BCUT2D eigenvalue weighted by Crippen LogP contribution is -2.46. The second kappa shape index (κ2) is 3.03. The molecule has 11 heavy (non-hydrogen) atoms. The molecule has 2 N–H and O–H groups in total. The summed E-state index contributed by atoms with van der Waals surface area (Å²) in [7, 11) is 0. The summed E-state index contributed by atoms with van der Waals surface area (Å²) in [5, 5.41) is 0. The minimum atomic E-state index is -0.491. The second-order valence-electron chi connectivity index (χ2n) is 3.10. The van der Waals surface area contributed by atoms with Crippen LogP contribution < -0.4 is 5.73 Å². The molecule has 0 aromatic carbocycles. The van der Waals surface area contributed by atoms with E-state index in [9.17, 15) is 4.79 Å². The van der Waals surface area contributed by atoms with Crippen LogP contribution in [-0.2, 0) is 9.53 Å². The lowest BCUT2D eigenvalue weighted by molar-refractivity contribution is -0.144. The standard InChI is InChI=1S/C7H13NO2S/c1-7(2)5(8)6(9)10-3-4-11-7/h5H,3-4,8H2,1-2H3. The van der Waals surface area contributed by atoms with Crippen molar-refractivity contribution >= 4 is 17.7 Å². The van der Waals surface area contributed by atoms with Gasteiger partial charge in [0.05, 0.1) is 0 Å². The molecule has 1 rings (SSSR count). The van der Waals surface area contributed by atoms with Crippen molar-refractivity contribution in [2.24, 2.45) is 5.73 Å². The number of esters is 1. The van der Waals surface area contributed by atoms with Crippen molar-refractivity contribution in [3.63, 3.8) is 0 Å². The minimum Gasteiger partial charge on any atom is -0.464 e. The molecule has 1 aliphatic rings. The molecule has 1 aliphatic heterocycles. The first-order valence-corrected chi connectivity index (χ1v) is 4.59. The summed E-state index contributed by atoms with van der Waals surface area (Å²) in [6.07, 6.45) is 0. The average molecular weight is 175 g/mol. The van der Waals surface area contributed by atoms with Crippen molar-refractivity contribution in [1.29, 1.82) is 0 Å². The van der Waals surface area contributed by atoms with Crippen LogP contribution in [0.25, 0.3) is 0 Å². The fourth-order valence-corrected chi connectivity index (χ4v) is 1.88. The maximum absolute atomic E-state index is 11.1. The Morgan fingerprint density at radius 2 is 2.36 bits per heavy atom. The Morgan fingerprint density at radius 1 is 1.73 bits per heavy atom. The maximum atomic E-state index is 11.1. The molecule has 0 radical (unpaired) electrons. The minimum absolute atomic E-state index is 0.187. The molecule has 1 fully saturated rings. The van der Waals surface area contributed by atoms with Gasteiger partial charge in [0.2, 0.25) is 0 Å². The Bertz CT molecular complexity index is 170. The van der Waals surface area contributed by atoms with E-state index in [1.165, 1.54) is 0 Å². The van der Waals surface area contributed by atoms with Crippen LogP contribution in [0.2, 0.25) is 0 Å². The molecule has 0 aromatic heterocycles. The van der Waals surface area contributed by atoms with Crippen LogP contribution in [0.5, 0.6) is 0 Å². The Hall–Kier alpha value is -0.220. The van der Waals surface area contributed by atoms with E-state index in [0.717, 1.165) is 5.75 Å². The van der Waals surface area contributed by atoms with Gasteiger partial charge in [-0.3, -0.25) is 4.79 Å². The summed E-state index contributed by atoms with van der Waals surface area (Å²) in [6.45, 7) is 4.42. The van der Waals surface area contributed by atoms with Gasteiger partial charge in [-0.2, -0.15) is 0 Å². The zero-order valence-corrected chi connectivity index (χ0v) is 7.61. The fourth-order valence-electron chi connectivity index (χ4n) is 0.910. The Labute approximate surface area is 70.7 Å². The van der Waals surface area contributed by atoms with Crippen molar-refractivity contribution in [2.45, 2.75) is 24.6 Å². The molecular weight excluding hydrogens is 162 g/mol. The van der Waals surface area contributed by atoms with E-state index >= 15 is 0 Å². The molecule has 4 heteroatoms. The van der Waals surface area contributed by atoms with Gasteiger partial charge < -0.3 is 10.5 Å². The van der Waals surface area contributed by atoms with Crippen molar-refractivity contribution in [3.8, 4) is 0 Å². The van der Waals surface area contributed by atoms with E-state index in [1.807, 2.05) is 13.8 Å². The lowest BCUT2D eigenvalue weighted by atomic mass is 10.1. The van der Waals surface area contributed by atoms with Gasteiger partial charge in [0.1, 0.15) is 12.6 Å². The highest BCUT2D eigenvalue weighted by molar-refractivity contribution is 8.00. The number of nitrogens with two attached hydrogens (primary N) is 1. The van der Waals surface area contributed by atoms with Crippen LogP contribution in [-0.4, -0.2) is 29.1 Å². The second-order valence-corrected chi connectivity index (χ2v) is 4.85. The molecule has 0 saturated carbocycles. The van der Waals surface area contributed by atoms with Crippen molar-refractivity contribution < 1.29 is 9.53 Å². The first-order chi connectivity index (χ1) is 5.04. The van der Waals surface area contributed by atoms with E-state index < -0.39 is 6.04 Å². The van der Waals surface area contributed by atoms with Crippen molar-refractivity contribution in [1.82, 2.24) is 0 Å². The molecule has 3 nitrogen and oxygen atoms in total. The number of hydrogen-bond donors (Lipinski definition) is 1. The lowest BCUT2D eigenvalue weighted by Gasteiger charge is -2.25. The Kier molecular flexibility index (Phi) is 2.44. The van der Waals surface area contributed by atoms with E-state index in [-0.39, 0.29) is 10.7 Å². The van der Waals surface area contributed by atoms with E-state index in [0.29, 0.717) is 6.61 Å². The number of cyclic esters (lactones) is 1. The fraction of sp³-hybridized carbons (Fsp3) is 0.857. The molecular formula is C7H13NO2S. The third kappa shape index (κ3) is 1.87. The molecule has 64 valence electrons. The first-order valence-electron chi connectivity index (χ1n) is 3.60. The van der Waals surface area contributed by atoms with Gasteiger partial charge in [-0.25, -0.2) is 0 Å². The van der Waals surface area contributed by atoms with E-state index in [1.54, 1.807) is 11.8 Å². The van der Waals surface area contributed by atoms with Gasteiger partial charge in [0.15, 0.2) is 0 Å². The summed E-state index contributed by atoms with van der Waals surface area (Å²) in [5.74, 6) is 0.562. The number of rotatable bonds is 0. The maximum Gasteiger partial charge on any atom is 0.324 e. The molecule has 1 unspecified atom stereocenters. The number of carbonyl (C=O) groups excluding carboxylic acids is 1. The van der Waals surface area contributed by atoms with Crippen molar-refractivity contribution in [3.05, 3.63) is 0 Å². The predicted molar refractivity (Wildman–Crippen MR) is 45.5 cm³/mol. The molecule has 0 aliphatic carbocycles. The molecule has 0 bridgehead atoms. The summed E-state index contributed by atoms with van der Waals surface area (Å²) >= 11 is 1.68. The van der Waals surface area contributed by atoms with Crippen LogP contribution in [0.15, 0.2) is 0 Å². The molecule has 0 spiro atoms. The SMILES string of the molecule is CC1(C)SCCOC(=O)C1N. The molecule has 0 amide bonds. The Balaban J connectivity index is 2.73. The van der Waals surface area contributed by atoms with Crippen LogP contribution in [0.3, 0.4) is 0 Å². The van der Waals surface area contributed by atoms with Crippen LogP contribution in [0, 0.1) is 0 Å². The Morgan fingerprint density at radius 3 is 3.00 bits per heavy atom. The number of hydrogen-bond acceptors (Lipinski definition) is 4. The van der Waals surface area contributed by atoms with Crippen LogP contribution >= 0.6 is 11.8 Å². The topological polar surface area (TPSA) is 52.3 Å². The number of carbonyl (C=O) groups is 1. The van der Waals surface area contributed by atoms with E-state index in [2.05, 4.69) is 0 Å². The van der Waals surface area contributed by atoms with Gasteiger partial charge in [0, 0.05) is 10.5 Å². The summed E-state index contributed by atoms with van der Waals surface area (Å²) in [4.78, 5) is 11.1. The highest BCUT2D eigenvalue weighted by Gasteiger charge is 2.35. The van der Waals surface area contributed by atoms with Gasteiger partial charge in [-0.1, -0.05) is 0 Å². The van der Waals surface area contributed by atoms with Crippen molar-refractivity contribution in [2.75, 3.05) is 12.4 Å². The highest BCUT2D eigenvalue weighted by atomic mass is 32.2. The predicted octanol–water partition coefficient (Wildman–Crippen LogP) is 0.382. The van der Waals surface area contributed by atoms with Gasteiger partial charge in [0.25, 0.3) is 0 Å². The number of thioether (sulfide) groups is 1. The largest absolute Gasteiger partial charge is 0.464 e. The van der Waals surface area contributed by atoms with Crippen LogP contribution in [0.4, 0.5) is 0 Å². The first kappa shape index (κ1) is 8.87. The third-order valence-electron chi connectivity index (χ3n) is 1.80. The summed E-state index contributed by atoms with van der Waals surface area (Å²) in [5.41, 5.74) is 5.66. The van der Waals surface area contributed by atoms with E-state index in [4.69, 9.17) is 10.5 Å². The molecule has 1 saturated heterocycles. The summed E-state index contributed by atoms with van der Waals surface area (Å²) < 4.78 is 4.68. The average Bonchev–Trinajstić information content (AvgIpc) is 2.03. The van der Waals surface area contributed by atoms with Gasteiger partial charge in [-0.15, -0.1) is 11.8 Å². The monoisotopic (exact) mass is 175 g/mol. The van der Waals surface area contributed by atoms with Crippen LogP contribution in [0.1, 0.15) is 13.8 Å². The zero-order chi connectivity index (χ0) is 8.48. The zero-order valence-electron chi connectivity index (χ0n) is 6.79. The smallest absolute Gasteiger partial charge is 0.324 e. The third-order valence-corrected chi connectivity index (χ3v) is 3.17. The summed E-state index contributed by atoms with van der Waals surface area (Å²) in [6, 6.07) is -0.491. The van der Waals surface area contributed by atoms with Gasteiger partial charge in [-0.05, 0) is 13.8 Å². The molecule has 1 heterocycles.